The maximum atomic E-state index is 14.2. The van der Waals surface area contributed by atoms with E-state index in [4.69, 9.17) is 9.47 Å². The summed E-state index contributed by atoms with van der Waals surface area (Å²) in [7, 11) is 0. The van der Waals surface area contributed by atoms with Gasteiger partial charge in [0.2, 0.25) is 0 Å². The Hall–Kier alpha value is -3.49. The van der Waals surface area contributed by atoms with Crippen molar-refractivity contribution in [3.05, 3.63) is 72.2 Å². The lowest BCUT2D eigenvalue weighted by molar-refractivity contribution is 0.0668. The van der Waals surface area contributed by atoms with E-state index in [0.717, 1.165) is 81.0 Å². The summed E-state index contributed by atoms with van der Waals surface area (Å²) in [5, 5.41) is 9.34. The first-order valence-electron chi connectivity index (χ1n) is 13.0. The molecule has 38 heavy (non-hydrogen) atoms. The molecule has 8 heteroatoms. The van der Waals surface area contributed by atoms with Crippen molar-refractivity contribution < 1.29 is 18.3 Å². The van der Waals surface area contributed by atoms with Gasteiger partial charge in [0.25, 0.3) is 0 Å². The Labute approximate surface area is 223 Å². The number of nitrogens with one attached hydrogen (secondary N) is 1. The molecule has 3 aromatic carbocycles. The van der Waals surface area contributed by atoms with Gasteiger partial charge >= 0.3 is 0 Å². The van der Waals surface area contributed by atoms with E-state index in [1.807, 2.05) is 42.6 Å². The molecule has 0 amide bonds. The Bertz CT molecular complexity index is 1600. The number of thiophene rings is 1. The number of H-pyrrole nitrogens is 1. The van der Waals surface area contributed by atoms with E-state index < -0.39 is 0 Å². The van der Waals surface area contributed by atoms with Gasteiger partial charge in [0.1, 0.15) is 23.9 Å². The number of halogens is 2. The predicted molar refractivity (Wildman–Crippen MR) is 147 cm³/mol. The van der Waals surface area contributed by atoms with E-state index in [2.05, 4.69) is 21.2 Å². The van der Waals surface area contributed by atoms with Crippen LogP contribution in [0.5, 0.6) is 17.2 Å². The fourth-order valence-corrected chi connectivity index (χ4v) is 6.56. The number of likely N-dealkylation sites (tertiary alicyclic amines) is 1. The highest BCUT2D eigenvalue weighted by Gasteiger charge is 2.30. The van der Waals surface area contributed by atoms with Crippen LogP contribution < -0.4 is 9.47 Å². The van der Waals surface area contributed by atoms with Crippen LogP contribution in [0.2, 0.25) is 0 Å². The molecule has 1 aliphatic heterocycles. The topological polar surface area (TPSA) is 50.4 Å². The largest absolute Gasteiger partial charge is 0.492 e. The van der Waals surface area contributed by atoms with Crippen LogP contribution in [0.4, 0.5) is 8.78 Å². The Morgan fingerprint density at radius 1 is 1.00 bits per heavy atom. The van der Waals surface area contributed by atoms with Crippen molar-refractivity contribution in [1.29, 1.82) is 0 Å². The molecule has 1 aliphatic carbocycles. The number of fused-ring (bicyclic) bond motifs is 3. The van der Waals surface area contributed by atoms with Crippen molar-refractivity contribution in [2.24, 2.45) is 5.92 Å². The number of aromatic amines is 1. The molecule has 2 fully saturated rings. The Balaban J connectivity index is 1.18. The fourth-order valence-electron chi connectivity index (χ4n) is 5.27. The van der Waals surface area contributed by atoms with Crippen LogP contribution in [0.3, 0.4) is 0 Å². The third kappa shape index (κ3) is 4.41. The zero-order valence-corrected chi connectivity index (χ0v) is 21.6. The third-order valence-corrected chi connectivity index (χ3v) is 8.73. The molecule has 1 saturated carbocycles. The number of rotatable bonds is 9. The molecular weight excluding hydrogens is 504 g/mol. The lowest BCUT2D eigenvalue weighted by Crippen LogP contribution is -2.49. The van der Waals surface area contributed by atoms with E-state index in [-0.39, 0.29) is 18.4 Å². The van der Waals surface area contributed by atoms with E-state index in [1.165, 1.54) is 6.07 Å². The average Bonchev–Trinajstić information content (AvgIpc) is 3.53. The Morgan fingerprint density at radius 3 is 2.61 bits per heavy atom. The van der Waals surface area contributed by atoms with Crippen LogP contribution in [-0.2, 0) is 0 Å². The maximum absolute atomic E-state index is 14.2. The molecule has 5 aromatic rings. The number of ether oxygens (including phenoxy) is 2. The number of aromatic nitrogens is 2. The summed E-state index contributed by atoms with van der Waals surface area (Å²) in [5.41, 5.74) is 3.05. The minimum absolute atomic E-state index is 0.185. The predicted octanol–water partition coefficient (Wildman–Crippen LogP) is 7.53. The van der Waals surface area contributed by atoms with Crippen LogP contribution in [0.15, 0.2) is 60.8 Å². The van der Waals surface area contributed by atoms with E-state index >= 15 is 0 Å². The minimum atomic E-state index is -0.240. The van der Waals surface area contributed by atoms with Gasteiger partial charge in [0.05, 0.1) is 23.3 Å². The first-order valence-corrected chi connectivity index (χ1v) is 13.9. The smallest absolute Gasteiger partial charge is 0.153 e. The molecular formula is C30H27F2N3O2S. The first-order chi connectivity index (χ1) is 18.7. The molecule has 194 valence electrons. The standard InChI is InChI=1S/C30H27F2N3O2S/c31-14-18-16-35(17-18)11-12-36-21-4-6-22(7-5-21)37-28-24-9-10-27-26(15-33-34-27)29(24)38-30(28)23-8-3-20(32)13-25(23)19-1-2-19/h3-10,13,15,18-19H,1-2,11-12,14,16-17H2,(H,33,34). The van der Waals surface area contributed by atoms with Gasteiger partial charge in [-0.2, -0.15) is 5.10 Å². The molecule has 0 unspecified atom stereocenters. The summed E-state index contributed by atoms with van der Waals surface area (Å²) < 4.78 is 40.4. The van der Waals surface area contributed by atoms with Gasteiger partial charge in [0, 0.05) is 41.0 Å². The maximum Gasteiger partial charge on any atom is 0.153 e. The molecule has 2 aliphatic rings. The highest BCUT2D eigenvalue weighted by Crippen LogP contribution is 2.52. The van der Waals surface area contributed by atoms with Crippen LogP contribution in [-0.4, -0.2) is 48.0 Å². The molecule has 7 rings (SSSR count). The van der Waals surface area contributed by atoms with Crippen molar-refractivity contribution >= 4 is 32.3 Å². The highest BCUT2D eigenvalue weighted by atomic mass is 32.1. The number of hydrogen-bond acceptors (Lipinski definition) is 5. The van der Waals surface area contributed by atoms with Crippen LogP contribution in [0.1, 0.15) is 24.3 Å². The zero-order valence-electron chi connectivity index (χ0n) is 20.8. The van der Waals surface area contributed by atoms with Crippen molar-refractivity contribution in [2.75, 3.05) is 32.9 Å². The second-order valence-corrected chi connectivity index (χ2v) is 11.3. The number of nitrogens with zero attached hydrogens (tertiary/aromatic N) is 2. The highest BCUT2D eigenvalue weighted by molar-refractivity contribution is 7.23. The average molecular weight is 532 g/mol. The van der Waals surface area contributed by atoms with Gasteiger partial charge in [-0.15, -0.1) is 11.3 Å². The molecule has 1 saturated heterocycles. The van der Waals surface area contributed by atoms with Crippen molar-refractivity contribution in [1.82, 2.24) is 15.1 Å². The molecule has 0 spiro atoms. The number of alkyl halides is 1. The number of hydrogen-bond donors (Lipinski definition) is 1. The normalized spacial score (nSPS) is 16.3. The van der Waals surface area contributed by atoms with Crippen molar-refractivity contribution in [3.8, 4) is 27.7 Å². The summed E-state index contributed by atoms with van der Waals surface area (Å²) >= 11 is 1.66. The van der Waals surface area contributed by atoms with Gasteiger partial charge in [0.15, 0.2) is 5.75 Å². The first kappa shape index (κ1) is 23.6. The molecule has 0 bridgehead atoms. The lowest BCUT2D eigenvalue weighted by Gasteiger charge is -2.37. The second kappa shape index (κ2) is 9.67. The van der Waals surface area contributed by atoms with E-state index in [0.29, 0.717) is 18.3 Å². The Kier molecular flexibility index (Phi) is 6.01. The van der Waals surface area contributed by atoms with Crippen LogP contribution in [0, 0.1) is 11.7 Å². The van der Waals surface area contributed by atoms with Gasteiger partial charge in [-0.25, -0.2) is 4.39 Å². The van der Waals surface area contributed by atoms with Crippen LogP contribution in [0.25, 0.3) is 31.4 Å². The molecule has 3 heterocycles. The third-order valence-electron chi connectivity index (χ3n) is 7.48. The summed E-state index contributed by atoms with van der Waals surface area (Å²) in [6.07, 6.45) is 4.01. The van der Waals surface area contributed by atoms with Gasteiger partial charge < -0.3 is 9.47 Å². The van der Waals surface area contributed by atoms with Gasteiger partial charge in [-0.1, -0.05) is 6.07 Å². The SMILES string of the molecule is FCC1CN(CCOc2ccc(Oc3c(-c4ccc(F)cc4C4CC4)sc4c3ccc3[nH]ncc34)cc2)C1. The monoisotopic (exact) mass is 531 g/mol. The van der Waals surface area contributed by atoms with E-state index in [1.54, 1.807) is 17.4 Å². The summed E-state index contributed by atoms with van der Waals surface area (Å²) in [4.78, 5) is 3.20. The molecule has 2 aromatic heterocycles. The second-order valence-electron chi connectivity index (χ2n) is 10.2. The fraction of sp³-hybridized carbons (Fsp3) is 0.300. The minimum Gasteiger partial charge on any atom is -0.492 e. The van der Waals surface area contributed by atoms with Crippen molar-refractivity contribution in [3.63, 3.8) is 0 Å². The Morgan fingerprint density at radius 2 is 1.82 bits per heavy atom. The van der Waals surface area contributed by atoms with Gasteiger partial charge in [-0.05, 0) is 78.4 Å². The lowest BCUT2D eigenvalue weighted by atomic mass is 10.0. The molecule has 0 radical (unpaired) electrons. The van der Waals surface area contributed by atoms with E-state index in [9.17, 15) is 8.78 Å². The zero-order chi connectivity index (χ0) is 25.6. The molecule has 5 nitrogen and oxygen atoms in total. The number of benzene rings is 3. The quantitative estimate of drug-likeness (QED) is 0.214. The van der Waals surface area contributed by atoms with Crippen LogP contribution >= 0.6 is 11.3 Å². The summed E-state index contributed by atoms with van der Waals surface area (Å²) in [6.45, 7) is 2.74. The van der Waals surface area contributed by atoms with Crippen molar-refractivity contribution in [2.45, 2.75) is 18.8 Å². The van der Waals surface area contributed by atoms with Gasteiger partial charge in [-0.3, -0.25) is 14.4 Å². The summed E-state index contributed by atoms with van der Waals surface area (Å²) in [5.74, 6) is 2.62. The molecule has 0 atom stereocenters. The summed E-state index contributed by atoms with van der Waals surface area (Å²) in [6, 6.07) is 16.8. The molecule has 1 N–H and O–H groups in total.